The number of guanidine groups is 1. The first kappa shape index (κ1) is 21.9. The lowest BCUT2D eigenvalue weighted by atomic mass is 9.80. The van der Waals surface area contributed by atoms with Crippen molar-refractivity contribution in [3.8, 4) is 5.69 Å². The van der Waals surface area contributed by atoms with E-state index in [1.807, 2.05) is 96.5 Å². The molecule has 0 aliphatic carbocycles. The monoisotopic (exact) mass is 508 g/mol. The summed E-state index contributed by atoms with van der Waals surface area (Å²) < 4.78 is 1.87. The molecule has 4 aromatic carbocycles. The molecule has 0 radical (unpaired) electrons. The zero-order valence-corrected chi connectivity index (χ0v) is 21.2. The Balaban J connectivity index is 1.47. The molecule has 1 spiro atoms. The first-order valence-corrected chi connectivity index (χ1v) is 13.0. The highest BCUT2D eigenvalue weighted by atomic mass is 16.2. The van der Waals surface area contributed by atoms with E-state index < -0.39 is 5.54 Å². The molecule has 1 atom stereocenters. The molecule has 1 amide bonds. The molecule has 3 aliphatic rings. The number of amides is 1. The van der Waals surface area contributed by atoms with Gasteiger partial charge >= 0.3 is 0 Å². The maximum Gasteiger partial charge on any atom is 0.260 e. The van der Waals surface area contributed by atoms with Crippen LogP contribution in [0.15, 0.2) is 114 Å². The highest BCUT2D eigenvalue weighted by molar-refractivity contribution is 6.26. The van der Waals surface area contributed by atoms with Crippen molar-refractivity contribution in [1.29, 1.82) is 0 Å². The van der Waals surface area contributed by atoms with Gasteiger partial charge in [-0.2, -0.15) is 10.1 Å². The molecular weight excluding hydrogens is 484 g/mol. The van der Waals surface area contributed by atoms with Gasteiger partial charge in [0.25, 0.3) is 5.91 Å². The van der Waals surface area contributed by atoms with Gasteiger partial charge in [0, 0.05) is 11.3 Å². The quantitative estimate of drug-likeness (QED) is 0.329. The number of benzene rings is 4. The topological polar surface area (TPSA) is 65.8 Å². The number of para-hydroxylation sites is 4. The lowest BCUT2D eigenvalue weighted by molar-refractivity contribution is -0.119. The Morgan fingerprint density at radius 3 is 2.26 bits per heavy atom. The third kappa shape index (κ3) is 2.84. The molecule has 1 N–H and O–H groups in total. The zero-order valence-electron chi connectivity index (χ0n) is 21.2. The van der Waals surface area contributed by atoms with Crippen molar-refractivity contribution in [2.45, 2.75) is 19.0 Å². The largest absolute Gasteiger partial charge is 0.323 e. The summed E-state index contributed by atoms with van der Waals surface area (Å²) in [5.74, 6) is 1.27. The number of nitrogens with one attached hydrogen (secondary N) is 1. The molecule has 4 heterocycles. The summed E-state index contributed by atoms with van der Waals surface area (Å²) in [5, 5.41) is 8.16. The fraction of sp³-hybridized carbons (Fsp3) is 0.0938. The number of aromatic nitrogens is 2. The number of hydrogen-bond acceptors (Lipinski definition) is 5. The molecule has 0 bridgehead atoms. The normalized spacial score (nSPS) is 18.4. The van der Waals surface area contributed by atoms with Crippen LogP contribution in [0.3, 0.4) is 0 Å². The molecule has 5 aromatic rings. The molecule has 7 nitrogen and oxygen atoms in total. The number of carbonyl (C=O) groups is 1. The lowest BCUT2D eigenvalue weighted by Gasteiger charge is -2.41. The average molecular weight is 509 g/mol. The summed E-state index contributed by atoms with van der Waals surface area (Å²) in [7, 11) is 0. The fourth-order valence-corrected chi connectivity index (χ4v) is 6.29. The van der Waals surface area contributed by atoms with Gasteiger partial charge in [0.1, 0.15) is 0 Å². The number of hydrogen-bond donors (Lipinski definition) is 1. The van der Waals surface area contributed by atoms with Gasteiger partial charge < -0.3 is 10.2 Å². The molecule has 0 unspecified atom stereocenters. The zero-order chi connectivity index (χ0) is 26.1. The van der Waals surface area contributed by atoms with Gasteiger partial charge in [-0.3, -0.25) is 9.69 Å². The molecule has 7 heteroatoms. The van der Waals surface area contributed by atoms with E-state index in [0.717, 1.165) is 45.1 Å². The van der Waals surface area contributed by atoms with E-state index in [0.29, 0.717) is 18.3 Å². The summed E-state index contributed by atoms with van der Waals surface area (Å²) in [4.78, 5) is 24.1. The van der Waals surface area contributed by atoms with E-state index in [4.69, 9.17) is 10.1 Å². The van der Waals surface area contributed by atoms with Gasteiger partial charge in [0.15, 0.2) is 11.4 Å². The van der Waals surface area contributed by atoms with Gasteiger partial charge in [0.05, 0.1) is 34.9 Å². The number of rotatable bonds is 3. The molecule has 0 fully saturated rings. The molecule has 0 saturated carbocycles. The first-order chi connectivity index (χ1) is 19.2. The Kier molecular flexibility index (Phi) is 4.44. The van der Waals surface area contributed by atoms with Crippen molar-refractivity contribution in [2.24, 2.45) is 4.99 Å². The molecule has 3 aliphatic heterocycles. The summed E-state index contributed by atoms with van der Waals surface area (Å²) >= 11 is 0. The van der Waals surface area contributed by atoms with Crippen LogP contribution in [0.1, 0.15) is 22.4 Å². The number of anilines is 3. The van der Waals surface area contributed by atoms with Crippen LogP contribution in [0.2, 0.25) is 0 Å². The van der Waals surface area contributed by atoms with E-state index in [1.165, 1.54) is 0 Å². The number of carbonyl (C=O) groups excluding carboxylic acids is 1. The molecular formula is C32H24N6O. The maximum atomic E-state index is 14.4. The third-order valence-electron chi connectivity index (χ3n) is 7.87. The van der Waals surface area contributed by atoms with Crippen LogP contribution in [-0.4, -0.2) is 21.6 Å². The van der Waals surface area contributed by atoms with Crippen LogP contribution in [-0.2, 0) is 16.9 Å². The molecule has 39 heavy (non-hydrogen) atoms. The minimum atomic E-state index is -1.17. The number of nitrogens with zero attached hydrogens (tertiary/aromatic N) is 5. The van der Waals surface area contributed by atoms with Crippen LogP contribution in [0.25, 0.3) is 5.69 Å². The molecule has 188 valence electrons. The van der Waals surface area contributed by atoms with Crippen molar-refractivity contribution in [3.63, 3.8) is 0 Å². The summed E-state index contributed by atoms with van der Waals surface area (Å²) in [6, 6.07) is 36.5. The second-order valence-corrected chi connectivity index (χ2v) is 10.0. The summed E-state index contributed by atoms with van der Waals surface area (Å²) in [6.07, 6.45) is 0. The van der Waals surface area contributed by atoms with Crippen molar-refractivity contribution in [3.05, 3.63) is 132 Å². The smallest absolute Gasteiger partial charge is 0.260 e. The highest BCUT2D eigenvalue weighted by Crippen LogP contribution is 2.57. The minimum Gasteiger partial charge on any atom is -0.323 e. The minimum absolute atomic E-state index is 0.107. The Hall–Kier alpha value is -5.17. The van der Waals surface area contributed by atoms with Crippen LogP contribution in [0, 0.1) is 6.92 Å². The number of aryl methyl sites for hydroxylation is 1. The van der Waals surface area contributed by atoms with Gasteiger partial charge in [-0.1, -0.05) is 78.9 Å². The summed E-state index contributed by atoms with van der Waals surface area (Å²) in [6.45, 7) is 2.58. The van der Waals surface area contributed by atoms with Gasteiger partial charge in [-0.05, 0) is 42.8 Å². The van der Waals surface area contributed by atoms with Gasteiger partial charge in [-0.25, -0.2) is 4.68 Å². The van der Waals surface area contributed by atoms with Gasteiger partial charge in [-0.15, -0.1) is 0 Å². The average Bonchev–Trinajstić information content (AvgIpc) is 3.58. The number of aliphatic imine (C=N–C) groups is 1. The number of fused-ring (bicyclic) bond motifs is 8. The second kappa shape index (κ2) is 7.91. The van der Waals surface area contributed by atoms with Crippen LogP contribution < -0.4 is 15.1 Å². The third-order valence-corrected chi connectivity index (χ3v) is 7.87. The second-order valence-electron chi connectivity index (χ2n) is 10.0. The fourth-order valence-electron chi connectivity index (χ4n) is 6.29. The molecule has 1 aromatic heterocycles. The van der Waals surface area contributed by atoms with E-state index >= 15 is 0 Å². The van der Waals surface area contributed by atoms with Crippen molar-refractivity contribution >= 4 is 34.7 Å². The maximum absolute atomic E-state index is 14.4. The van der Waals surface area contributed by atoms with Crippen LogP contribution in [0.4, 0.5) is 22.9 Å². The SMILES string of the molecule is Cc1nn(-c2ccccc2)c2c1[C@]1(C(=O)Nc3ccccc31)N1C(=N2)N(Cc2ccccc2)c2ccccc21. The van der Waals surface area contributed by atoms with Crippen molar-refractivity contribution < 1.29 is 4.79 Å². The predicted octanol–water partition coefficient (Wildman–Crippen LogP) is 5.90. The van der Waals surface area contributed by atoms with Gasteiger partial charge in [0.2, 0.25) is 5.96 Å². The van der Waals surface area contributed by atoms with Crippen LogP contribution >= 0.6 is 0 Å². The predicted molar refractivity (Wildman–Crippen MR) is 153 cm³/mol. The van der Waals surface area contributed by atoms with Crippen LogP contribution in [0.5, 0.6) is 0 Å². The Labute approximate surface area is 225 Å². The van der Waals surface area contributed by atoms with Crippen molar-refractivity contribution in [1.82, 2.24) is 9.78 Å². The summed E-state index contributed by atoms with van der Waals surface area (Å²) in [5.41, 5.74) is 6.11. The van der Waals surface area contributed by atoms with E-state index in [2.05, 4.69) is 39.4 Å². The lowest BCUT2D eigenvalue weighted by Crippen LogP contribution is -2.58. The molecule has 8 rings (SSSR count). The molecule has 0 saturated heterocycles. The Bertz CT molecular complexity index is 1810. The van der Waals surface area contributed by atoms with Crippen molar-refractivity contribution in [2.75, 3.05) is 15.1 Å². The highest BCUT2D eigenvalue weighted by Gasteiger charge is 2.62. The first-order valence-electron chi connectivity index (χ1n) is 13.0. The Morgan fingerprint density at radius 2 is 1.46 bits per heavy atom. The van der Waals surface area contributed by atoms with E-state index in [-0.39, 0.29) is 5.91 Å². The van der Waals surface area contributed by atoms with E-state index in [1.54, 1.807) is 0 Å². The van der Waals surface area contributed by atoms with E-state index in [9.17, 15) is 4.79 Å². The Morgan fingerprint density at radius 1 is 0.795 bits per heavy atom. The standard InChI is InChI=1S/C32H24N6O/c1-21-28-29(38(35-21)23-14-6-3-7-15-23)34-31-36(20-22-12-4-2-5-13-22)26-18-10-11-19-27(26)37(31)32(28)24-16-8-9-17-25(24)33-30(32)39/h2-19H,20H2,1H3,(H,33,39)/t32-/m1/s1.